The largest absolute Gasteiger partial charge is 0.369 e. The van der Waals surface area contributed by atoms with Crippen LogP contribution in [0.4, 0.5) is 0 Å². The van der Waals surface area contributed by atoms with Gasteiger partial charge in [0.15, 0.2) is 0 Å². The fourth-order valence-corrected chi connectivity index (χ4v) is 0.342. The highest BCUT2D eigenvalue weighted by atomic mass is 79.9. The van der Waals surface area contributed by atoms with E-state index < -0.39 is 0 Å². The van der Waals surface area contributed by atoms with Crippen molar-refractivity contribution < 1.29 is 4.79 Å². The Kier molecular flexibility index (Phi) is 3.07. The van der Waals surface area contributed by atoms with Crippen molar-refractivity contribution >= 4 is 22.1 Å². The zero-order chi connectivity index (χ0) is 4.99. The molecular weight excluding hydrogens is 148 g/mol. The van der Waals surface area contributed by atoms with Crippen LogP contribution in [0.3, 0.4) is 0 Å². The molecule has 1 amide bonds. The summed E-state index contributed by atoms with van der Waals surface area (Å²) in [5.41, 5.74) is 4.67. The lowest BCUT2D eigenvalue weighted by Gasteiger charge is -1.83. The standard InChI is InChI=1S/C2H5BrN2O/c3-5-1-2(4)6/h5H,1H2,(H2,4,6). The SMILES string of the molecule is NC(=O)CNBr. The number of hydrogen-bond acceptors (Lipinski definition) is 2. The molecule has 0 saturated heterocycles. The molecule has 0 aromatic carbocycles. The summed E-state index contributed by atoms with van der Waals surface area (Å²) in [6.07, 6.45) is 0. The Morgan fingerprint density at radius 1 is 2.00 bits per heavy atom. The monoisotopic (exact) mass is 152 g/mol. The van der Waals surface area contributed by atoms with E-state index >= 15 is 0 Å². The van der Waals surface area contributed by atoms with Crippen LogP contribution in [-0.4, -0.2) is 12.5 Å². The van der Waals surface area contributed by atoms with Gasteiger partial charge in [0.1, 0.15) is 0 Å². The molecule has 4 heteroatoms. The van der Waals surface area contributed by atoms with Crippen LogP contribution in [0, 0.1) is 0 Å². The molecule has 0 fully saturated rings. The van der Waals surface area contributed by atoms with E-state index in [1.165, 1.54) is 0 Å². The summed E-state index contributed by atoms with van der Waals surface area (Å²) in [4.78, 5) is 9.73. The molecule has 0 saturated carbocycles. The Morgan fingerprint density at radius 2 is 2.50 bits per heavy atom. The van der Waals surface area contributed by atoms with Crippen LogP contribution in [-0.2, 0) is 4.79 Å². The second-order valence-electron chi connectivity index (χ2n) is 0.777. The Bertz CT molecular complexity index is 55.5. The maximum atomic E-state index is 9.73. The Labute approximate surface area is 44.2 Å². The van der Waals surface area contributed by atoms with Crippen molar-refractivity contribution in [3.05, 3.63) is 0 Å². The van der Waals surface area contributed by atoms with Gasteiger partial charge in [-0.2, -0.15) is 0 Å². The van der Waals surface area contributed by atoms with Gasteiger partial charge < -0.3 is 5.73 Å². The average Bonchev–Trinajstić information content (AvgIpc) is 1.35. The number of amides is 1. The van der Waals surface area contributed by atoms with Crippen molar-refractivity contribution in [1.82, 2.24) is 4.34 Å². The predicted molar refractivity (Wildman–Crippen MR) is 26.1 cm³/mol. The van der Waals surface area contributed by atoms with Gasteiger partial charge in [-0.25, -0.2) is 4.34 Å². The van der Waals surface area contributed by atoms with Crippen LogP contribution in [0.25, 0.3) is 0 Å². The Morgan fingerprint density at radius 3 is 2.50 bits per heavy atom. The quantitative estimate of drug-likeness (QED) is 0.519. The molecule has 3 nitrogen and oxygen atoms in total. The second-order valence-corrected chi connectivity index (χ2v) is 1.34. The fraction of sp³-hybridized carbons (Fsp3) is 0.500. The molecule has 0 aliphatic heterocycles. The molecule has 0 unspecified atom stereocenters. The third-order valence-corrected chi connectivity index (χ3v) is 0.521. The highest BCUT2D eigenvalue weighted by molar-refractivity contribution is 9.08. The maximum Gasteiger partial charge on any atom is 0.232 e. The minimum Gasteiger partial charge on any atom is -0.369 e. The molecule has 0 bridgehead atoms. The van der Waals surface area contributed by atoms with Crippen molar-refractivity contribution in [3.63, 3.8) is 0 Å². The summed E-state index contributed by atoms with van der Waals surface area (Å²) in [5, 5.41) is 0. The van der Waals surface area contributed by atoms with E-state index in [9.17, 15) is 4.79 Å². The molecule has 0 rings (SSSR count). The first-order valence-electron chi connectivity index (χ1n) is 1.39. The number of halogens is 1. The van der Waals surface area contributed by atoms with Gasteiger partial charge in [-0.15, -0.1) is 0 Å². The first kappa shape index (κ1) is 5.91. The number of carbonyl (C=O) groups excluding carboxylic acids is 1. The number of rotatable bonds is 2. The van der Waals surface area contributed by atoms with Crippen molar-refractivity contribution in [3.8, 4) is 0 Å². The zero-order valence-electron chi connectivity index (χ0n) is 3.07. The van der Waals surface area contributed by atoms with Crippen molar-refractivity contribution in [2.75, 3.05) is 6.54 Å². The molecular formula is C2H5BrN2O. The van der Waals surface area contributed by atoms with Gasteiger partial charge >= 0.3 is 0 Å². The third-order valence-electron chi connectivity index (χ3n) is 0.241. The second kappa shape index (κ2) is 3.11. The smallest absolute Gasteiger partial charge is 0.232 e. The lowest BCUT2D eigenvalue weighted by atomic mass is 10.7. The normalized spacial score (nSPS) is 8.17. The van der Waals surface area contributed by atoms with Crippen molar-refractivity contribution in [2.24, 2.45) is 5.73 Å². The fourth-order valence-electron chi connectivity index (χ4n) is 0.0659. The lowest BCUT2D eigenvalue weighted by molar-refractivity contribution is -0.116. The molecule has 0 aliphatic carbocycles. The van der Waals surface area contributed by atoms with E-state index in [4.69, 9.17) is 0 Å². The summed E-state index contributed by atoms with van der Waals surface area (Å²) in [5.74, 6) is -0.369. The van der Waals surface area contributed by atoms with Gasteiger partial charge in [-0.05, 0) is 0 Å². The summed E-state index contributed by atoms with van der Waals surface area (Å²) in [6, 6.07) is 0. The van der Waals surface area contributed by atoms with Crippen molar-refractivity contribution in [2.45, 2.75) is 0 Å². The summed E-state index contributed by atoms with van der Waals surface area (Å²) in [7, 11) is 0. The van der Waals surface area contributed by atoms with E-state index in [0.29, 0.717) is 0 Å². The Hall–Kier alpha value is -0.0900. The van der Waals surface area contributed by atoms with Crippen LogP contribution in [0.15, 0.2) is 0 Å². The molecule has 6 heavy (non-hydrogen) atoms. The zero-order valence-corrected chi connectivity index (χ0v) is 4.66. The van der Waals surface area contributed by atoms with E-state index in [1.807, 2.05) is 0 Å². The molecule has 36 valence electrons. The van der Waals surface area contributed by atoms with E-state index in [2.05, 4.69) is 26.2 Å². The lowest BCUT2D eigenvalue weighted by Crippen LogP contribution is -2.21. The minimum atomic E-state index is -0.369. The van der Waals surface area contributed by atoms with Crippen LogP contribution in [0.2, 0.25) is 0 Å². The van der Waals surface area contributed by atoms with E-state index in [1.54, 1.807) is 0 Å². The van der Waals surface area contributed by atoms with Gasteiger partial charge in [0.25, 0.3) is 0 Å². The molecule has 0 aromatic rings. The maximum absolute atomic E-state index is 9.73. The highest BCUT2D eigenvalue weighted by Crippen LogP contribution is 1.61. The van der Waals surface area contributed by atoms with Gasteiger partial charge in [0, 0.05) is 16.1 Å². The van der Waals surface area contributed by atoms with Crippen LogP contribution >= 0.6 is 16.1 Å². The van der Waals surface area contributed by atoms with Crippen LogP contribution in [0.5, 0.6) is 0 Å². The summed E-state index contributed by atoms with van der Waals surface area (Å²) in [6.45, 7) is 0.181. The first-order chi connectivity index (χ1) is 2.77. The minimum absolute atomic E-state index is 0.181. The van der Waals surface area contributed by atoms with Gasteiger partial charge in [-0.3, -0.25) is 4.79 Å². The number of hydrogen-bond donors (Lipinski definition) is 2. The summed E-state index contributed by atoms with van der Waals surface area (Å²) < 4.78 is 2.41. The molecule has 0 atom stereocenters. The van der Waals surface area contributed by atoms with Gasteiger partial charge in [0.2, 0.25) is 5.91 Å². The number of nitrogens with two attached hydrogens (primary N) is 1. The molecule has 0 aromatic heterocycles. The number of nitrogens with one attached hydrogen (secondary N) is 1. The molecule has 0 heterocycles. The number of carbonyl (C=O) groups is 1. The first-order valence-corrected chi connectivity index (χ1v) is 2.18. The highest BCUT2D eigenvalue weighted by Gasteiger charge is 1.84. The molecule has 3 N–H and O–H groups in total. The molecule has 0 aliphatic rings. The van der Waals surface area contributed by atoms with E-state index in [0.717, 1.165) is 0 Å². The van der Waals surface area contributed by atoms with E-state index in [-0.39, 0.29) is 12.5 Å². The van der Waals surface area contributed by atoms with Crippen LogP contribution < -0.4 is 10.1 Å². The predicted octanol–water partition coefficient (Wildman–Crippen LogP) is -0.629. The third kappa shape index (κ3) is 3.91. The summed E-state index contributed by atoms with van der Waals surface area (Å²) >= 11 is 2.80. The topological polar surface area (TPSA) is 55.1 Å². The average molecular weight is 153 g/mol. The van der Waals surface area contributed by atoms with Gasteiger partial charge in [0.05, 0.1) is 6.54 Å². The van der Waals surface area contributed by atoms with Gasteiger partial charge in [-0.1, -0.05) is 0 Å². The Balaban J connectivity index is 2.83. The van der Waals surface area contributed by atoms with Crippen LogP contribution in [0.1, 0.15) is 0 Å². The molecule has 0 radical (unpaired) electrons. The number of primary amides is 1. The van der Waals surface area contributed by atoms with Crippen molar-refractivity contribution in [1.29, 1.82) is 0 Å². The molecule has 0 spiro atoms.